The fourth-order valence-electron chi connectivity index (χ4n) is 3.90. The van der Waals surface area contributed by atoms with Crippen LogP contribution in [-0.2, 0) is 9.53 Å². The van der Waals surface area contributed by atoms with E-state index >= 15 is 0 Å². The van der Waals surface area contributed by atoms with Gasteiger partial charge in [-0.1, -0.05) is 12.1 Å². The number of piperidine rings is 1. The topological polar surface area (TPSA) is 105 Å². The molecule has 0 bridgehead atoms. The lowest BCUT2D eigenvalue weighted by atomic mass is 9.97. The Hall–Kier alpha value is -3.20. The van der Waals surface area contributed by atoms with Crippen LogP contribution in [0.4, 0.5) is 16.6 Å². The zero-order valence-corrected chi connectivity index (χ0v) is 19.2. The Kier molecular flexibility index (Phi) is 6.27. The molecule has 9 heteroatoms. The maximum atomic E-state index is 12.6. The zero-order valence-electron chi connectivity index (χ0n) is 18.3. The summed E-state index contributed by atoms with van der Waals surface area (Å²) in [5, 5.41) is 13.4. The second-order valence-corrected chi connectivity index (χ2v) is 9.04. The number of hydrogen-bond donors (Lipinski definition) is 2. The van der Waals surface area contributed by atoms with Crippen molar-refractivity contribution in [2.75, 3.05) is 29.9 Å². The van der Waals surface area contributed by atoms with Crippen molar-refractivity contribution in [3.63, 3.8) is 0 Å². The molecule has 0 radical (unpaired) electrons. The zero-order chi connectivity index (χ0) is 22.8. The number of esters is 1. The number of fused-ring (bicyclic) bond motifs is 1. The molecule has 0 amide bonds. The molecule has 0 spiro atoms. The Labute approximate surface area is 190 Å². The van der Waals surface area contributed by atoms with E-state index in [0.717, 1.165) is 21.5 Å². The van der Waals surface area contributed by atoms with Crippen LogP contribution in [0, 0.1) is 19.8 Å². The SMILES string of the molecule is CCOC(=O)c1c(Nc2nc3ccccc3nc2N2CCC(C(=O)O)CC2)sc(C)c1C. The summed E-state index contributed by atoms with van der Waals surface area (Å²) in [5.74, 6) is -0.255. The van der Waals surface area contributed by atoms with Gasteiger partial charge in [-0.15, -0.1) is 11.3 Å². The first kappa shape index (κ1) is 22.0. The molecular weight excluding hydrogens is 428 g/mol. The van der Waals surface area contributed by atoms with Crippen LogP contribution in [-0.4, -0.2) is 46.7 Å². The standard InChI is InChI=1S/C23H26N4O4S/c1-4-31-23(30)18-13(2)14(3)32-21(18)26-19-20(25-17-8-6-5-7-16(17)24-19)27-11-9-15(10-12-27)22(28)29/h5-8,15H,4,9-12H2,1-3H3,(H,24,26)(H,28,29). The molecule has 1 aromatic carbocycles. The van der Waals surface area contributed by atoms with Crippen molar-refractivity contribution in [1.29, 1.82) is 0 Å². The number of ether oxygens (including phenoxy) is 1. The van der Waals surface area contributed by atoms with Gasteiger partial charge in [-0.2, -0.15) is 0 Å². The normalized spacial score (nSPS) is 14.5. The number of benzene rings is 1. The van der Waals surface area contributed by atoms with E-state index in [1.165, 1.54) is 11.3 Å². The van der Waals surface area contributed by atoms with Crippen molar-refractivity contribution in [2.45, 2.75) is 33.6 Å². The van der Waals surface area contributed by atoms with Gasteiger partial charge in [0.15, 0.2) is 11.6 Å². The second-order valence-electron chi connectivity index (χ2n) is 7.82. The minimum atomic E-state index is -0.754. The number of thiophene rings is 1. The fourth-order valence-corrected chi connectivity index (χ4v) is 4.95. The highest BCUT2D eigenvalue weighted by atomic mass is 32.1. The number of para-hydroxylation sites is 2. The molecule has 3 aromatic rings. The largest absolute Gasteiger partial charge is 0.481 e. The van der Waals surface area contributed by atoms with Gasteiger partial charge in [-0.25, -0.2) is 14.8 Å². The van der Waals surface area contributed by atoms with Crippen molar-refractivity contribution in [2.24, 2.45) is 5.92 Å². The number of rotatable bonds is 6. The number of aryl methyl sites for hydroxylation is 1. The third kappa shape index (κ3) is 4.25. The van der Waals surface area contributed by atoms with Crippen molar-refractivity contribution >= 4 is 50.9 Å². The van der Waals surface area contributed by atoms with Gasteiger partial charge in [-0.3, -0.25) is 4.79 Å². The summed E-state index contributed by atoms with van der Waals surface area (Å²) in [7, 11) is 0. The molecule has 2 N–H and O–H groups in total. The van der Waals surface area contributed by atoms with Gasteiger partial charge in [0.1, 0.15) is 5.00 Å². The molecule has 1 saturated heterocycles. The van der Waals surface area contributed by atoms with Crippen LogP contribution in [0.25, 0.3) is 11.0 Å². The molecule has 4 rings (SSSR count). The summed E-state index contributed by atoms with van der Waals surface area (Å²) < 4.78 is 5.28. The highest BCUT2D eigenvalue weighted by Gasteiger charge is 2.28. The predicted octanol–water partition coefficient (Wildman–Crippen LogP) is 4.53. The van der Waals surface area contributed by atoms with Crippen LogP contribution in [0.15, 0.2) is 24.3 Å². The first-order valence-corrected chi connectivity index (χ1v) is 11.5. The number of carboxylic acids is 1. The first-order valence-electron chi connectivity index (χ1n) is 10.7. The predicted molar refractivity (Wildman–Crippen MR) is 125 cm³/mol. The number of nitrogens with zero attached hydrogens (tertiary/aromatic N) is 3. The molecule has 8 nitrogen and oxygen atoms in total. The van der Waals surface area contributed by atoms with Gasteiger partial charge in [0.05, 0.1) is 29.1 Å². The average Bonchev–Trinajstić information content (AvgIpc) is 3.06. The minimum Gasteiger partial charge on any atom is -0.481 e. The van der Waals surface area contributed by atoms with E-state index in [9.17, 15) is 14.7 Å². The van der Waals surface area contributed by atoms with Crippen molar-refractivity contribution in [1.82, 2.24) is 9.97 Å². The molecule has 1 aliphatic heterocycles. The summed E-state index contributed by atoms with van der Waals surface area (Å²) in [5.41, 5.74) is 2.90. The van der Waals surface area contributed by atoms with Crippen molar-refractivity contribution in [3.05, 3.63) is 40.3 Å². The van der Waals surface area contributed by atoms with E-state index in [1.807, 2.05) is 38.1 Å². The molecule has 0 saturated carbocycles. The van der Waals surface area contributed by atoms with Gasteiger partial charge < -0.3 is 20.1 Å². The Morgan fingerprint density at radius 2 is 1.84 bits per heavy atom. The van der Waals surface area contributed by atoms with Crippen LogP contribution < -0.4 is 10.2 Å². The molecule has 1 aliphatic rings. The van der Waals surface area contributed by atoms with E-state index < -0.39 is 5.97 Å². The maximum Gasteiger partial charge on any atom is 0.341 e. The number of aromatic nitrogens is 2. The van der Waals surface area contributed by atoms with E-state index in [2.05, 4.69) is 10.2 Å². The number of anilines is 3. The molecular formula is C23H26N4O4S. The second kappa shape index (κ2) is 9.12. The Bertz CT molecular complexity index is 1170. The van der Waals surface area contributed by atoms with Crippen LogP contribution in [0.1, 0.15) is 40.6 Å². The lowest BCUT2D eigenvalue weighted by molar-refractivity contribution is -0.142. The molecule has 0 atom stereocenters. The van der Waals surface area contributed by atoms with E-state index in [-0.39, 0.29) is 11.9 Å². The van der Waals surface area contributed by atoms with E-state index in [1.54, 1.807) is 6.92 Å². The van der Waals surface area contributed by atoms with Gasteiger partial charge in [0.25, 0.3) is 0 Å². The number of carbonyl (C=O) groups excluding carboxylic acids is 1. The summed E-state index contributed by atoms with van der Waals surface area (Å²) in [6.45, 7) is 7.11. The molecule has 1 fully saturated rings. The number of hydrogen-bond acceptors (Lipinski definition) is 8. The van der Waals surface area contributed by atoms with E-state index in [4.69, 9.17) is 14.7 Å². The fraction of sp³-hybridized carbons (Fsp3) is 0.391. The van der Waals surface area contributed by atoms with Crippen LogP contribution in [0.5, 0.6) is 0 Å². The Morgan fingerprint density at radius 1 is 1.19 bits per heavy atom. The number of carboxylic acid groups (broad SMARTS) is 1. The van der Waals surface area contributed by atoms with Crippen LogP contribution in [0.3, 0.4) is 0 Å². The monoisotopic (exact) mass is 454 g/mol. The highest BCUT2D eigenvalue weighted by Crippen LogP contribution is 2.38. The molecule has 3 heterocycles. The number of carbonyl (C=O) groups is 2. The minimum absolute atomic E-state index is 0.298. The summed E-state index contributed by atoms with van der Waals surface area (Å²) in [4.78, 5) is 36.7. The third-order valence-electron chi connectivity index (χ3n) is 5.79. The molecule has 2 aromatic heterocycles. The molecule has 32 heavy (non-hydrogen) atoms. The van der Waals surface area contributed by atoms with Crippen molar-refractivity contribution in [3.8, 4) is 0 Å². The summed E-state index contributed by atoms with van der Waals surface area (Å²) in [6.07, 6.45) is 1.10. The van der Waals surface area contributed by atoms with Crippen LogP contribution in [0.2, 0.25) is 0 Å². The summed E-state index contributed by atoms with van der Waals surface area (Å²) in [6, 6.07) is 7.62. The molecule has 168 valence electrons. The third-order valence-corrected chi connectivity index (χ3v) is 6.92. The van der Waals surface area contributed by atoms with Gasteiger partial charge in [-0.05, 0) is 51.3 Å². The van der Waals surface area contributed by atoms with Gasteiger partial charge >= 0.3 is 11.9 Å². The average molecular weight is 455 g/mol. The highest BCUT2D eigenvalue weighted by molar-refractivity contribution is 7.16. The van der Waals surface area contributed by atoms with Crippen LogP contribution >= 0.6 is 11.3 Å². The Morgan fingerprint density at radius 3 is 2.47 bits per heavy atom. The van der Waals surface area contributed by atoms with Gasteiger partial charge in [0.2, 0.25) is 0 Å². The van der Waals surface area contributed by atoms with Gasteiger partial charge in [0, 0.05) is 18.0 Å². The molecule has 0 unspecified atom stereocenters. The lowest BCUT2D eigenvalue weighted by Gasteiger charge is -2.32. The smallest absolute Gasteiger partial charge is 0.341 e. The lowest BCUT2D eigenvalue weighted by Crippen LogP contribution is -2.37. The quantitative estimate of drug-likeness (QED) is 0.524. The maximum absolute atomic E-state index is 12.6. The molecule has 0 aliphatic carbocycles. The first-order chi connectivity index (χ1) is 15.4. The Balaban J connectivity index is 1.74. The van der Waals surface area contributed by atoms with E-state index in [0.29, 0.717) is 54.7 Å². The number of nitrogens with one attached hydrogen (secondary N) is 1. The number of aliphatic carboxylic acids is 1. The van der Waals surface area contributed by atoms with Crippen molar-refractivity contribution < 1.29 is 19.4 Å². The summed E-state index contributed by atoms with van der Waals surface area (Å²) >= 11 is 1.48.